The van der Waals surface area contributed by atoms with E-state index in [-0.39, 0.29) is 5.91 Å². The van der Waals surface area contributed by atoms with Gasteiger partial charge in [-0.1, -0.05) is 42.5 Å². The Bertz CT molecular complexity index is 600. The predicted octanol–water partition coefficient (Wildman–Crippen LogP) is 2.14. The van der Waals surface area contributed by atoms with Gasteiger partial charge in [-0.25, -0.2) is 0 Å². The highest BCUT2D eigenvalue weighted by Gasteiger charge is 2.18. The molecule has 1 aliphatic heterocycles. The van der Waals surface area contributed by atoms with Gasteiger partial charge in [-0.3, -0.25) is 4.79 Å². The Morgan fingerprint density at radius 1 is 1.05 bits per heavy atom. The van der Waals surface area contributed by atoms with E-state index in [9.17, 15) is 4.79 Å². The molecule has 19 heavy (non-hydrogen) atoms. The van der Waals surface area contributed by atoms with E-state index in [1.165, 1.54) is 5.56 Å². The molecule has 3 heteroatoms. The van der Waals surface area contributed by atoms with E-state index in [0.717, 1.165) is 24.2 Å². The smallest absolute Gasteiger partial charge is 0.249 e. The van der Waals surface area contributed by atoms with Gasteiger partial charge in [0.15, 0.2) is 0 Å². The second kappa shape index (κ2) is 4.86. The van der Waals surface area contributed by atoms with Crippen LogP contribution in [0, 0.1) is 0 Å². The summed E-state index contributed by atoms with van der Waals surface area (Å²) in [5.41, 5.74) is 9.26. The average molecular weight is 252 g/mol. The quantitative estimate of drug-likeness (QED) is 0.879. The molecule has 0 radical (unpaired) electrons. The lowest BCUT2D eigenvalue weighted by Gasteiger charge is -2.27. The third kappa shape index (κ3) is 2.25. The normalized spacial score (nSPS) is 14.9. The molecular formula is C16H16N2O. The van der Waals surface area contributed by atoms with Gasteiger partial charge in [0.25, 0.3) is 0 Å². The standard InChI is InChI=1S/C16H16N2O/c17-16(19)15-4-2-1-3-14(15)12-7-5-11(6-8-12)13-9-18-10-13/h1-8,13,18H,9-10H2,(H2,17,19). The van der Waals surface area contributed by atoms with E-state index in [1.54, 1.807) is 6.07 Å². The summed E-state index contributed by atoms with van der Waals surface area (Å²) in [6.07, 6.45) is 0. The first-order valence-electron chi connectivity index (χ1n) is 6.45. The highest BCUT2D eigenvalue weighted by molar-refractivity contribution is 5.99. The monoisotopic (exact) mass is 252 g/mol. The molecular weight excluding hydrogens is 236 g/mol. The van der Waals surface area contributed by atoms with E-state index in [0.29, 0.717) is 11.5 Å². The molecule has 1 amide bonds. The molecule has 1 saturated heterocycles. The van der Waals surface area contributed by atoms with Gasteiger partial charge in [0, 0.05) is 24.6 Å². The van der Waals surface area contributed by atoms with Crippen molar-refractivity contribution in [1.82, 2.24) is 5.32 Å². The van der Waals surface area contributed by atoms with E-state index < -0.39 is 0 Å². The fraction of sp³-hybridized carbons (Fsp3) is 0.188. The topological polar surface area (TPSA) is 55.1 Å². The van der Waals surface area contributed by atoms with Gasteiger partial charge >= 0.3 is 0 Å². The molecule has 0 unspecified atom stereocenters. The number of carbonyl (C=O) groups excluding carboxylic acids is 1. The number of carbonyl (C=O) groups is 1. The van der Waals surface area contributed by atoms with Crippen LogP contribution in [0.1, 0.15) is 21.8 Å². The second-order valence-corrected chi connectivity index (χ2v) is 4.89. The first-order chi connectivity index (χ1) is 9.25. The summed E-state index contributed by atoms with van der Waals surface area (Å²) in [6, 6.07) is 15.9. The van der Waals surface area contributed by atoms with Gasteiger partial charge < -0.3 is 11.1 Å². The molecule has 1 heterocycles. The summed E-state index contributed by atoms with van der Waals surface area (Å²) in [5.74, 6) is 0.239. The van der Waals surface area contributed by atoms with E-state index in [1.807, 2.05) is 18.2 Å². The number of primary amides is 1. The van der Waals surface area contributed by atoms with Crippen LogP contribution in [0.25, 0.3) is 11.1 Å². The maximum absolute atomic E-state index is 11.4. The summed E-state index contributed by atoms with van der Waals surface area (Å²) < 4.78 is 0. The van der Waals surface area contributed by atoms with Crippen molar-refractivity contribution >= 4 is 5.91 Å². The number of hydrogen-bond donors (Lipinski definition) is 2. The summed E-state index contributed by atoms with van der Waals surface area (Å²) in [7, 11) is 0. The Balaban J connectivity index is 1.95. The van der Waals surface area contributed by atoms with Gasteiger partial charge in [0.05, 0.1) is 0 Å². The zero-order valence-corrected chi connectivity index (χ0v) is 10.6. The van der Waals surface area contributed by atoms with Crippen LogP contribution in [0.2, 0.25) is 0 Å². The minimum Gasteiger partial charge on any atom is -0.366 e. The van der Waals surface area contributed by atoms with Crippen LogP contribution in [-0.4, -0.2) is 19.0 Å². The van der Waals surface area contributed by atoms with Gasteiger partial charge in [-0.15, -0.1) is 0 Å². The maximum Gasteiger partial charge on any atom is 0.249 e. The highest BCUT2D eigenvalue weighted by Crippen LogP contribution is 2.26. The second-order valence-electron chi connectivity index (χ2n) is 4.89. The number of nitrogens with one attached hydrogen (secondary N) is 1. The highest BCUT2D eigenvalue weighted by atomic mass is 16.1. The number of rotatable bonds is 3. The Kier molecular flexibility index (Phi) is 3.05. The van der Waals surface area contributed by atoms with E-state index in [2.05, 4.69) is 29.6 Å². The lowest BCUT2D eigenvalue weighted by Crippen LogP contribution is -2.39. The molecule has 96 valence electrons. The first-order valence-corrected chi connectivity index (χ1v) is 6.45. The van der Waals surface area contributed by atoms with E-state index in [4.69, 9.17) is 5.73 Å². The first kappa shape index (κ1) is 11.9. The summed E-state index contributed by atoms with van der Waals surface area (Å²) >= 11 is 0. The Hall–Kier alpha value is -2.13. The third-order valence-corrected chi connectivity index (χ3v) is 3.67. The van der Waals surface area contributed by atoms with Crippen LogP contribution in [0.4, 0.5) is 0 Å². The molecule has 0 atom stereocenters. The summed E-state index contributed by atoms with van der Waals surface area (Å²) in [4.78, 5) is 11.4. The zero-order chi connectivity index (χ0) is 13.2. The average Bonchev–Trinajstić information content (AvgIpc) is 2.37. The van der Waals surface area contributed by atoms with Crippen molar-refractivity contribution in [3.63, 3.8) is 0 Å². The Morgan fingerprint density at radius 2 is 1.74 bits per heavy atom. The van der Waals surface area contributed by atoms with Gasteiger partial charge in [0.1, 0.15) is 0 Å². The minimum atomic E-state index is -0.386. The predicted molar refractivity (Wildman–Crippen MR) is 76.0 cm³/mol. The van der Waals surface area contributed by atoms with Crippen LogP contribution in [0.15, 0.2) is 48.5 Å². The molecule has 3 rings (SSSR count). The molecule has 1 fully saturated rings. The van der Waals surface area contributed by atoms with Crippen molar-refractivity contribution in [2.24, 2.45) is 5.73 Å². The molecule has 2 aromatic carbocycles. The number of nitrogens with two attached hydrogens (primary N) is 1. The van der Waals surface area contributed by atoms with Crippen molar-refractivity contribution in [2.75, 3.05) is 13.1 Å². The number of hydrogen-bond acceptors (Lipinski definition) is 2. The van der Waals surface area contributed by atoms with Crippen molar-refractivity contribution in [3.8, 4) is 11.1 Å². The summed E-state index contributed by atoms with van der Waals surface area (Å²) in [6.45, 7) is 2.11. The van der Waals surface area contributed by atoms with Gasteiger partial charge in [-0.2, -0.15) is 0 Å². The van der Waals surface area contributed by atoms with Crippen LogP contribution < -0.4 is 11.1 Å². The molecule has 3 nitrogen and oxygen atoms in total. The summed E-state index contributed by atoms with van der Waals surface area (Å²) in [5, 5.41) is 3.27. The molecule has 2 aromatic rings. The van der Waals surface area contributed by atoms with Crippen molar-refractivity contribution in [2.45, 2.75) is 5.92 Å². The minimum absolute atomic E-state index is 0.386. The third-order valence-electron chi connectivity index (χ3n) is 3.67. The van der Waals surface area contributed by atoms with Gasteiger partial charge in [-0.05, 0) is 22.8 Å². The Labute approximate surface area is 112 Å². The lowest BCUT2D eigenvalue weighted by atomic mass is 9.91. The van der Waals surface area contributed by atoms with Crippen LogP contribution in [0.3, 0.4) is 0 Å². The van der Waals surface area contributed by atoms with Crippen molar-refractivity contribution in [1.29, 1.82) is 0 Å². The molecule has 3 N–H and O–H groups in total. The molecule has 0 spiro atoms. The molecule has 0 aromatic heterocycles. The fourth-order valence-corrected chi connectivity index (χ4v) is 2.41. The molecule has 0 bridgehead atoms. The maximum atomic E-state index is 11.4. The van der Waals surface area contributed by atoms with Crippen molar-refractivity contribution < 1.29 is 4.79 Å². The largest absolute Gasteiger partial charge is 0.366 e. The molecule has 0 aliphatic carbocycles. The van der Waals surface area contributed by atoms with Gasteiger partial charge in [0.2, 0.25) is 5.91 Å². The SMILES string of the molecule is NC(=O)c1ccccc1-c1ccc(C2CNC2)cc1. The zero-order valence-electron chi connectivity index (χ0n) is 10.6. The van der Waals surface area contributed by atoms with Crippen LogP contribution in [-0.2, 0) is 0 Å². The number of benzene rings is 2. The molecule has 1 aliphatic rings. The van der Waals surface area contributed by atoms with Crippen LogP contribution in [0.5, 0.6) is 0 Å². The molecule has 0 saturated carbocycles. The van der Waals surface area contributed by atoms with Crippen molar-refractivity contribution in [3.05, 3.63) is 59.7 Å². The lowest BCUT2D eigenvalue weighted by molar-refractivity contribution is 0.100. The van der Waals surface area contributed by atoms with E-state index >= 15 is 0 Å². The number of amides is 1. The van der Waals surface area contributed by atoms with Crippen LogP contribution >= 0.6 is 0 Å². The fourth-order valence-electron chi connectivity index (χ4n) is 2.41. The Morgan fingerprint density at radius 3 is 2.32 bits per heavy atom.